The number of fused-ring (bicyclic) bond motifs is 1. The van der Waals surface area contributed by atoms with Gasteiger partial charge in [-0.15, -0.1) is 0 Å². The van der Waals surface area contributed by atoms with Crippen LogP contribution in [-0.2, 0) is 4.79 Å². The Labute approximate surface area is 168 Å². The van der Waals surface area contributed by atoms with E-state index in [-0.39, 0.29) is 0 Å². The van der Waals surface area contributed by atoms with Crippen LogP contribution in [0.1, 0.15) is 0 Å². The van der Waals surface area contributed by atoms with Crippen LogP contribution in [0.3, 0.4) is 0 Å². The van der Waals surface area contributed by atoms with E-state index in [2.05, 4.69) is 87.4 Å². The van der Waals surface area contributed by atoms with Crippen molar-refractivity contribution in [3.63, 3.8) is 0 Å². The average Bonchev–Trinajstić information content (AvgIpc) is 2.74. The van der Waals surface area contributed by atoms with E-state index >= 15 is 0 Å². The molecule has 140 valence electrons. The van der Waals surface area contributed by atoms with Crippen LogP contribution < -0.4 is 4.90 Å². The number of hydrogen-bond acceptors (Lipinski definition) is 4. The number of likely N-dealkylation sites (N-methyl/N-ethyl adjacent to an activating group) is 1. The molecule has 1 aliphatic rings. The van der Waals surface area contributed by atoms with Crippen molar-refractivity contribution in [2.45, 2.75) is 0 Å². The molecule has 0 bridgehead atoms. The van der Waals surface area contributed by atoms with E-state index in [1.807, 2.05) is 6.07 Å². The summed E-state index contributed by atoms with van der Waals surface area (Å²) < 4.78 is 0. The van der Waals surface area contributed by atoms with Gasteiger partial charge in [-0.05, 0) is 31.3 Å². The quantitative estimate of drug-likeness (QED) is 0.464. The SMILES string of the molecule is CN1CCN(c2ccc(-c3ccc4ccccc4n3)cc2)CC1.O=CCBr. The fourth-order valence-corrected chi connectivity index (χ4v) is 3.13. The summed E-state index contributed by atoms with van der Waals surface area (Å²) in [5, 5.41) is 1.64. The molecule has 2 aromatic carbocycles. The van der Waals surface area contributed by atoms with Crippen molar-refractivity contribution >= 4 is 38.8 Å². The minimum Gasteiger partial charge on any atom is -0.369 e. The summed E-state index contributed by atoms with van der Waals surface area (Å²) >= 11 is 2.88. The number of halogens is 1. The van der Waals surface area contributed by atoms with Crippen LogP contribution in [0.15, 0.2) is 60.7 Å². The second kappa shape index (κ2) is 9.62. The monoisotopic (exact) mass is 425 g/mol. The molecule has 0 spiro atoms. The molecule has 0 atom stereocenters. The van der Waals surface area contributed by atoms with Gasteiger partial charge in [-0.1, -0.05) is 52.3 Å². The lowest BCUT2D eigenvalue weighted by Gasteiger charge is -2.34. The molecule has 2 heterocycles. The molecule has 0 amide bonds. The molecular weight excluding hydrogens is 402 g/mol. The number of aromatic nitrogens is 1. The van der Waals surface area contributed by atoms with E-state index in [9.17, 15) is 0 Å². The molecule has 1 aliphatic heterocycles. The molecule has 0 radical (unpaired) electrons. The topological polar surface area (TPSA) is 36.4 Å². The van der Waals surface area contributed by atoms with E-state index in [4.69, 9.17) is 9.78 Å². The van der Waals surface area contributed by atoms with E-state index < -0.39 is 0 Å². The minimum atomic E-state index is 0.451. The molecular formula is C22H24BrN3O. The van der Waals surface area contributed by atoms with Crippen LogP contribution in [0.4, 0.5) is 5.69 Å². The Balaban J connectivity index is 0.000000481. The number of rotatable bonds is 3. The van der Waals surface area contributed by atoms with Crippen molar-refractivity contribution in [1.29, 1.82) is 0 Å². The van der Waals surface area contributed by atoms with Gasteiger partial charge in [0.2, 0.25) is 0 Å². The molecule has 1 saturated heterocycles. The van der Waals surface area contributed by atoms with Gasteiger partial charge < -0.3 is 14.6 Å². The third-order valence-electron chi connectivity index (χ3n) is 4.69. The zero-order valence-corrected chi connectivity index (χ0v) is 17.1. The molecule has 27 heavy (non-hydrogen) atoms. The van der Waals surface area contributed by atoms with E-state index in [1.54, 1.807) is 0 Å². The highest BCUT2D eigenvalue weighted by molar-refractivity contribution is 9.09. The van der Waals surface area contributed by atoms with E-state index in [1.165, 1.54) is 16.6 Å². The number of nitrogens with zero attached hydrogens (tertiary/aromatic N) is 3. The Morgan fingerprint density at radius 2 is 1.63 bits per heavy atom. The maximum Gasteiger partial charge on any atom is 0.130 e. The molecule has 5 heteroatoms. The van der Waals surface area contributed by atoms with Gasteiger partial charge in [-0.3, -0.25) is 0 Å². The highest BCUT2D eigenvalue weighted by atomic mass is 79.9. The third kappa shape index (κ3) is 5.15. The first-order chi connectivity index (χ1) is 13.2. The lowest BCUT2D eigenvalue weighted by molar-refractivity contribution is -0.105. The largest absolute Gasteiger partial charge is 0.369 e. The summed E-state index contributed by atoms with van der Waals surface area (Å²) in [5.74, 6) is 0. The Morgan fingerprint density at radius 1 is 0.963 bits per heavy atom. The highest BCUT2D eigenvalue weighted by Gasteiger charge is 2.14. The second-order valence-electron chi connectivity index (χ2n) is 6.55. The smallest absolute Gasteiger partial charge is 0.130 e. The molecule has 4 nitrogen and oxygen atoms in total. The number of para-hydroxylation sites is 1. The molecule has 0 aliphatic carbocycles. The third-order valence-corrected chi connectivity index (χ3v) is 4.96. The summed E-state index contributed by atoms with van der Waals surface area (Å²) in [6.45, 7) is 4.47. The molecule has 1 fully saturated rings. The van der Waals surface area contributed by atoms with Crippen LogP contribution in [0.2, 0.25) is 0 Å². The summed E-state index contributed by atoms with van der Waals surface area (Å²) in [7, 11) is 2.19. The fraction of sp³-hybridized carbons (Fsp3) is 0.273. The van der Waals surface area contributed by atoms with Crippen molar-refractivity contribution in [3.05, 3.63) is 60.7 Å². The van der Waals surface area contributed by atoms with Crippen LogP contribution >= 0.6 is 15.9 Å². The first-order valence-electron chi connectivity index (χ1n) is 9.10. The van der Waals surface area contributed by atoms with Gasteiger partial charge in [-0.25, -0.2) is 4.98 Å². The Hall–Kier alpha value is -2.24. The second-order valence-corrected chi connectivity index (χ2v) is 7.19. The highest BCUT2D eigenvalue weighted by Crippen LogP contribution is 2.24. The molecule has 3 aromatic rings. The van der Waals surface area contributed by atoms with Crippen molar-refractivity contribution < 1.29 is 4.79 Å². The Morgan fingerprint density at radius 3 is 2.30 bits per heavy atom. The first-order valence-corrected chi connectivity index (χ1v) is 10.2. The van der Waals surface area contributed by atoms with Crippen molar-refractivity contribution in [3.8, 4) is 11.3 Å². The molecule has 0 N–H and O–H groups in total. The summed E-state index contributed by atoms with van der Waals surface area (Å²) in [6, 6.07) is 21.3. The average molecular weight is 426 g/mol. The zero-order valence-electron chi connectivity index (χ0n) is 15.5. The maximum atomic E-state index is 9.13. The minimum absolute atomic E-state index is 0.451. The van der Waals surface area contributed by atoms with Crippen LogP contribution in [0, 0.1) is 0 Å². The zero-order chi connectivity index (χ0) is 19.1. The normalized spacial score (nSPS) is 14.5. The number of piperazine rings is 1. The Bertz CT molecular complexity index is 874. The predicted octanol–water partition coefficient (Wildman–Crippen LogP) is 4.23. The number of pyridine rings is 1. The van der Waals surface area contributed by atoms with Crippen molar-refractivity contribution in [2.75, 3.05) is 43.5 Å². The lowest BCUT2D eigenvalue weighted by Crippen LogP contribution is -2.44. The van der Waals surface area contributed by atoms with Crippen LogP contribution in [-0.4, -0.2) is 54.7 Å². The van der Waals surface area contributed by atoms with Gasteiger partial charge in [0.15, 0.2) is 0 Å². The first kappa shape index (κ1) is 19.5. The van der Waals surface area contributed by atoms with Gasteiger partial charge in [0.25, 0.3) is 0 Å². The van der Waals surface area contributed by atoms with Gasteiger partial charge >= 0.3 is 0 Å². The number of benzene rings is 2. The standard InChI is InChI=1S/C20H21N3.C2H3BrO/c1-22-12-14-23(15-13-22)18-9-6-17(7-10-18)20-11-8-16-4-2-3-5-19(16)21-20;3-1-2-4/h2-11H,12-15H2,1H3;2H,1H2. The number of anilines is 1. The van der Waals surface area contributed by atoms with Crippen molar-refractivity contribution in [1.82, 2.24) is 9.88 Å². The number of alkyl halides is 1. The van der Waals surface area contributed by atoms with E-state index in [0.717, 1.165) is 43.7 Å². The number of carbonyl (C=O) groups is 1. The number of carbonyl (C=O) groups excluding carboxylic acids is 1. The summed E-state index contributed by atoms with van der Waals surface area (Å²) in [5.41, 5.74) is 4.57. The van der Waals surface area contributed by atoms with Crippen molar-refractivity contribution in [2.24, 2.45) is 0 Å². The maximum absolute atomic E-state index is 9.13. The predicted molar refractivity (Wildman–Crippen MR) is 117 cm³/mol. The van der Waals surface area contributed by atoms with Crippen LogP contribution in [0.25, 0.3) is 22.2 Å². The van der Waals surface area contributed by atoms with Gasteiger partial charge in [0.05, 0.1) is 16.5 Å². The van der Waals surface area contributed by atoms with Crippen LogP contribution in [0.5, 0.6) is 0 Å². The summed E-state index contributed by atoms with van der Waals surface area (Å²) in [6.07, 6.45) is 0.792. The van der Waals surface area contributed by atoms with Gasteiger partial charge in [0.1, 0.15) is 6.29 Å². The molecule has 1 aromatic heterocycles. The molecule has 4 rings (SSSR count). The van der Waals surface area contributed by atoms with Gasteiger partial charge in [0, 0.05) is 42.8 Å². The molecule has 0 saturated carbocycles. The number of hydrogen-bond donors (Lipinski definition) is 0. The lowest BCUT2D eigenvalue weighted by atomic mass is 10.1. The fourth-order valence-electron chi connectivity index (χ4n) is 3.13. The van der Waals surface area contributed by atoms with Gasteiger partial charge in [-0.2, -0.15) is 0 Å². The Kier molecular flexibility index (Phi) is 6.96. The molecule has 0 unspecified atom stereocenters. The summed E-state index contributed by atoms with van der Waals surface area (Å²) in [4.78, 5) is 18.7. The van der Waals surface area contributed by atoms with E-state index in [0.29, 0.717) is 5.33 Å². The number of aldehydes is 1.